The minimum atomic E-state index is 0.149. The second kappa shape index (κ2) is 8.92. The van der Waals surface area contributed by atoms with E-state index in [4.69, 9.17) is 4.74 Å². The maximum absolute atomic E-state index is 11.9. The summed E-state index contributed by atoms with van der Waals surface area (Å²) in [7, 11) is 1.68. The van der Waals surface area contributed by atoms with Crippen molar-refractivity contribution < 1.29 is 9.53 Å². The van der Waals surface area contributed by atoms with Gasteiger partial charge < -0.3 is 10.1 Å². The molecule has 3 nitrogen and oxygen atoms in total. The van der Waals surface area contributed by atoms with Crippen LogP contribution in [0.15, 0.2) is 0 Å². The fourth-order valence-electron chi connectivity index (χ4n) is 2.47. The molecule has 0 aromatic heterocycles. The first-order valence-corrected chi connectivity index (χ1v) is 7.72. The number of halogens is 1. The van der Waals surface area contributed by atoms with Crippen molar-refractivity contribution in [1.29, 1.82) is 0 Å². The van der Waals surface area contributed by atoms with Crippen LogP contribution in [-0.2, 0) is 9.53 Å². The maximum atomic E-state index is 11.9. The van der Waals surface area contributed by atoms with Crippen molar-refractivity contribution in [2.24, 2.45) is 5.92 Å². The highest BCUT2D eigenvalue weighted by Gasteiger charge is 2.18. The van der Waals surface area contributed by atoms with Crippen molar-refractivity contribution in [2.75, 3.05) is 19.0 Å². The Hall–Kier alpha value is -0.0900. The van der Waals surface area contributed by atoms with E-state index in [2.05, 4.69) is 21.2 Å². The average Bonchev–Trinajstić information content (AvgIpc) is 2.30. The summed E-state index contributed by atoms with van der Waals surface area (Å²) in [5.74, 6) is 0.802. The second-order valence-electron chi connectivity index (χ2n) is 4.91. The fourth-order valence-corrected chi connectivity index (χ4v) is 3.02. The van der Waals surface area contributed by atoms with Gasteiger partial charge in [-0.2, -0.15) is 0 Å². The van der Waals surface area contributed by atoms with Gasteiger partial charge in [0.25, 0.3) is 0 Å². The molecule has 1 aliphatic carbocycles. The number of hydrogen-bond acceptors (Lipinski definition) is 2. The topological polar surface area (TPSA) is 38.3 Å². The van der Waals surface area contributed by atoms with Crippen LogP contribution in [0.5, 0.6) is 0 Å². The van der Waals surface area contributed by atoms with Gasteiger partial charge in [0.2, 0.25) is 5.91 Å². The van der Waals surface area contributed by atoms with E-state index in [9.17, 15) is 4.79 Å². The molecule has 1 saturated carbocycles. The van der Waals surface area contributed by atoms with E-state index >= 15 is 0 Å². The molecule has 1 unspecified atom stereocenters. The molecule has 1 aliphatic rings. The molecule has 0 heterocycles. The molecule has 1 rings (SSSR count). The van der Waals surface area contributed by atoms with Crippen molar-refractivity contribution in [3.8, 4) is 0 Å². The van der Waals surface area contributed by atoms with Gasteiger partial charge in [-0.15, -0.1) is 0 Å². The molecule has 1 fully saturated rings. The molecule has 1 amide bonds. The molecule has 100 valence electrons. The fraction of sp³-hybridized carbons (Fsp3) is 0.923. The summed E-state index contributed by atoms with van der Waals surface area (Å²) >= 11 is 3.40. The zero-order valence-electron chi connectivity index (χ0n) is 10.7. The van der Waals surface area contributed by atoms with Crippen LogP contribution in [-0.4, -0.2) is 31.0 Å². The molecule has 0 aliphatic heterocycles. The zero-order chi connectivity index (χ0) is 12.5. The molecule has 0 aromatic rings. The number of alkyl halides is 1. The lowest BCUT2D eigenvalue weighted by Gasteiger charge is -2.23. The number of ether oxygens (including phenoxy) is 1. The molecule has 1 atom stereocenters. The van der Waals surface area contributed by atoms with Crippen molar-refractivity contribution in [2.45, 2.75) is 51.0 Å². The molecule has 0 spiro atoms. The predicted octanol–water partition coefficient (Wildman–Crippen LogP) is 2.87. The van der Waals surface area contributed by atoms with Gasteiger partial charge in [0, 0.05) is 18.9 Å². The van der Waals surface area contributed by atoms with E-state index in [0.29, 0.717) is 18.9 Å². The number of nitrogens with one attached hydrogen (secondary N) is 1. The molecule has 0 bridgehead atoms. The molecule has 4 heteroatoms. The Kier molecular flexibility index (Phi) is 7.86. The predicted molar refractivity (Wildman–Crippen MR) is 73.4 cm³/mol. The summed E-state index contributed by atoms with van der Waals surface area (Å²) < 4.78 is 5.11. The maximum Gasteiger partial charge on any atom is 0.220 e. The van der Waals surface area contributed by atoms with Gasteiger partial charge in [0.1, 0.15) is 0 Å². The summed E-state index contributed by atoms with van der Waals surface area (Å²) in [5.41, 5.74) is 0. The van der Waals surface area contributed by atoms with Gasteiger partial charge in [0.15, 0.2) is 0 Å². The van der Waals surface area contributed by atoms with Crippen molar-refractivity contribution in [3.05, 3.63) is 0 Å². The third-order valence-corrected chi connectivity index (χ3v) is 3.85. The van der Waals surface area contributed by atoms with Gasteiger partial charge in [-0.05, 0) is 25.2 Å². The normalized spacial score (nSPS) is 18.9. The van der Waals surface area contributed by atoms with Gasteiger partial charge in [0.05, 0.1) is 12.6 Å². The van der Waals surface area contributed by atoms with Gasteiger partial charge >= 0.3 is 0 Å². The molecule has 0 radical (unpaired) electrons. The highest BCUT2D eigenvalue weighted by Crippen LogP contribution is 2.26. The molecular formula is C13H24BrNO2. The van der Waals surface area contributed by atoms with Gasteiger partial charge in [-0.3, -0.25) is 4.79 Å². The lowest BCUT2D eigenvalue weighted by Crippen LogP contribution is -2.39. The summed E-state index contributed by atoms with van der Waals surface area (Å²) in [6.45, 7) is 0.599. The average molecular weight is 306 g/mol. The van der Waals surface area contributed by atoms with E-state index in [1.54, 1.807) is 7.11 Å². The Balaban J connectivity index is 2.25. The van der Waals surface area contributed by atoms with Crippen LogP contribution >= 0.6 is 15.9 Å². The van der Waals surface area contributed by atoms with E-state index in [-0.39, 0.29) is 11.9 Å². The lowest BCUT2D eigenvalue weighted by molar-refractivity contribution is -0.123. The number of amides is 1. The van der Waals surface area contributed by atoms with E-state index in [1.165, 1.54) is 32.1 Å². The number of carbonyl (C=O) groups excluding carboxylic acids is 1. The van der Waals surface area contributed by atoms with Crippen molar-refractivity contribution in [3.63, 3.8) is 0 Å². The first kappa shape index (κ1) is 15.0. The van der Waals surface area contributed by atoms with Crippen molar-refractivity contribution >= 4 is 21.8 Å². The number of carbonyl (C=O) groups is 1. The van der Waals surface area contributed by atoms with Crippen LogP contribution in [0.3, 0.4) is 0 Å². The van der Waals surface area contributed by atoms with Crippen molar-refractivity contribution in [1.82, 2.24) is 5.32 Å². The Morgan fingerprint density at radius 3 is 2.71 bits per heavy atom. The zero-order valence-corrected chi connectivity index (χ0v) is 12.3. The van der Waals surface area contributed by atoms with Crippen LogP contribution in [0.25, 0.3) is 0 Å². The summed E-state index contributed by atoms with van der Waals surface area (Å²) in [6, 6.07) is 0.149. The third-order valence-electron chi connectivity index (χ3n) is 3.39. The number of hydrogen-bond donors (Lipinski definition) is 1. The molecular weight excluding hydrogens is 282 g/mol. The molecule has 17 heavy (non-hydrogen) atoms. The summed E-state index contributed by atoms with van der Waals surface area (Å²) in [4.78, 5) is 11.9. The highest BCUT2D eigenvalue weighted by atomic mass is 79.9. The van der Waals surface area contributed by atoms with Crippen LogP contribution in [0.2, 0.25) is 0 Å². The van der Waals surface area contributed by atoms with E-state index in [1.807, 2.05) is 0 Å². The van der Waals surface area contributed by atoms with Gasteiger partial charge in [-0.1, -0.05) is 35.2 Å². The molecule has 1 N–H and O–H groups in total. The van der Waals surface area contributed by atoms with Crippen LogP contribution in [0.1, 0.15) is 44.9 Å². The second-order valence-corrected chi connectivity index (χ2v) is 5.70. The van der Waals surface area contributed by atoms with Crippen LogP contribution in [0.4, 0.5) is 0 Å². The monoisotopic (exact) mass is 305 g/mol. The van der Waals surface area contributed by atoms with Crippen LogP contribution < -0.4 is 5.32 Å². The first-order valence-electron chi connectivity index (χ1n) is 6.60. The van der Waals surface area contributed by atoms with Gasteiger partial charge in [-0.25, -0.2) is 0 Å². The van der Waals surface area contributed by atoms with E-state index < -0.39 is 0 Å². The third kappa shape index (κ3) is 6.41. The minimum Gasteiger partial charge on any atom is -0.383 e. The quantitative estimate of drug-likeness (QED) is 0.735. The van der Waals surface area contributed by atoms with E-state index in [0.717, 1.165) is 11.8 Å². The Bertz CT molecular complexity index is 211. The lowest BCUT2D eigenvalue weighted by atomic mass is 9.87. The standard InChI is InChI=1S/C13H24BrNO2/c1-17-10-12(7-8-14)15-13(16)9-11-5-3-2-4-6-11/h11-12H,2-10H2,1H3,(H,15,16). The van der Waals surface area contributed by atoms with Crippen LogP contribution in [0, 0.1) is 5.92 Å². The molecule has 0 saturated heterocycles. The number of methoxy groups -OCH3 is 1. The SMILES string of the molecule is COCC(CCBr)NC(=O)CC1CCCCC1. The minimum absolute atomic E-state index is 0.149. The largest absolute Gasteiger partial charge is 0.383 e. The Morgan fingerprint density at radius 2 is 2.12 bits per heavy atom. The Morgan fingerprint density at radius 1 is 1.41 bits per heavy atom. The highest BCUT2D eigenvalue weighted by molar-refractivity contribution is 9.09. The smallest absolute Gasteiger partial charge is 0.220 e. The summed E-state index contributed by atoms with van der Waals surface area (Å²) in [5, 5.41) is 3.97. The molecule has 0 aromatic carbocycles. The number of rotatable bonds is 7. The summed E-state index contributed by atoms with van der Waals surface area (Å²) in [6.07, 6.45) is 7.99. The first-order chi connectivity index (χ1) is 8.26. The Labute approximate surface area is 113 Å².